The van der Waals surface area contributed by atoms with Crippen molar-refractivity contribution < 1.29 is 4.79 Å². The second-order valence-electron chi connectivity index (χ2n) is 7.14. The molecule has 1 aromatic carbocycles. The molecule has 0 unspecified atom stereocenters. The fourth-order valence-electron chi connectivity index (χ4n) is 3.56. The molecule has 3 aromatic rings. The Morgan fingerprint density at radius 1 is 1.15 bits per heavy atom. The van der Waals surface area contributed by atoms with E-state index in [1.807, 2.05) is 49.7 Å². The molecule has 0 saturated carbocycles. The number of hydrogen-bond acceptors (Lipinski definition) is 4. The molecule has 0 aliphatic rings. The lowest BCUT2D eigenvalue weighted by atomic mass is 10.1. The number of thioether (sulfide) groups is 1. The summed E-state index contributed by atoms with van der Waals surface area (Å²) in [5.41, 5.74) is 5.17. The Morgan fingerprint density at radius 3 is 2.48 bits per heavy atom. The summed E-state index contributed by atoms with van der Waals surface area (Å²) in [6.07, 6.45) is 0. The van der Waals surface area contributed by atoms with Crippen molar-refractivity contribution in [1.82, 2.24) is 19.3 Å². The van der Waals surface area contributed by atoms with Gasteiger partial charge in [0.1, 0.15) is 0 Å². The third-order valence-electron chi connectivity index (χ3n) is 4.85. The van der Waals surface area contributed by atoms with E-state index in [-0.39, 0.29) is 5.78 Å². The molecule has 0 aliphatic heterocycles. The normalized spacial score (nSPS) is 11.4. The molecule has 0 bridgehead atoms. The van der Waals surface area contributed by atoms with E-state index in [1.165, 1.54) is 11.8 Å². The molecule has 27 heavy (non-hydrogen) atoms. The van der Waals surface area contributed by atoms with E-state index in [9.17, 15) is 4.79 Å². The number of Topliss-reactive ketones (excluding diaryl/α,β-unsaturated/α-hetero) is 1. The van der Waals surface area contributed by atoms with Gasteiger partial charge in [-0.25, -0.2) is 0 Å². The predicted molar refractivity (Wildman–Crippen MR) is 111 cm³/mol. The molecule has 2 heterocycles. The van der Waals surface area contributed by atoms with Gasteiger partial charge in [-0.15, -0.1) is 10.2 Å². The van der Waals surface area contributed by atoms with Crippen LogP contribution in [0.15, 0.2) is 35.5 Å². The molecule has 0 amide bonds. The third kappa shape index (κ3) is 3.72. The number of aryl methyl sites for hydroxylation is 2. The maximum absolute atomic E-state index is 12.8. The van der Waals surface area contributed by atoms with E-state index in [0.717, 1.165) is 39.1 Å². The third-order valence-corrected chi connectivity index (χ3v) is 5.87. The van der Waals surface area contributed by atoms with E-state index >= 15 is 0 Å². The van der Waals surface area contributed by atoms with E-state index < -0.39 is 0 Å². The number of rotatable bonds is 6. The minimum Gasteiger partial charge on any atom is -0.346 e. The summed E-state index contributed by atoms with van der Waals surface area (Å²) in [5.74, 6) is 1.30. The van der Waals surface area contributed by atoms with E-state index in [2.05, 4.69) is 41.6 Å². The highest BCUT2D eigenvalue weighted by molar-refractivity contribution is 7.99. The molecule has 0 spiro atoms. The fourth-order valence-corrected chi connectivity index (χ4v) is 4.36. The van der Waals surface area contributed by atoms with Gasteiger partial charge < -0.3 is 9.13 Å². The molecule has 0 atom stereocenters. The fraction of sp³-hybridized carbons (Fsp3) is 0.381. The van der Waals surface area contributed by atoms with Gasteiger partial charge in [0, 0.05) is 35.6 Å². The lowest BCUT2D eigenvalue weighted by molar-refractivity contribution is 0.102. The Hall–Kier alpha value is -2.34. The largest absolute Gasteiger partial charge is 0.346 e. The van der Waals surface area contributed by atoms with Gasteiger partial charge >= 0.3 is 0 Å². The number of aromatic nitrogens is 4. The maximum atomic E-state index is 12.8. The smallest absolute Gasteiger partial charge is 0.191 e. The highest BCUT2D eigenvalue weighted by Crippen LogP contribution is 2.27. The number of carbonyl (C=O) groups is 1. The van der Waals surface area contributed by atoms with Gasteiger partial charge in [-0.1, -0.05) is 36.0 Å². The average molecular weight is 383 g/mol. The highest BCUT2D eigenvalue weighted by Gasteiger charge is 2.19. The van der Waals surface area contributed by atoms with Crippen molar-refractivity contribution in [3.63, 3.8) is 0 Å². The average Bonchev–Trinajstić information content (AvgIpc) is 3.12. The van der Waals surface area contributed by atoms with Crippen LogP contribution in [-0.4, -0.2) is 30.9 Å². The summed E-state index contributed by atoms with van der Waals surface area (Å²) < 4.78 is 4.16. The van der Waals surface area contributed by atoms with Crippen LogP contribution in [0, 0.1) is 20.8 Å². The van der Waals surface area contributed by atoms with Crippen LogP contribution in [0.25, 0.3) is 11.4 Å². The van der Waals surface area contributed by atoms with Crippen LogP contribution in [0.4, 0.5) is 0 Å². The van der Waals surface area contributed by atoms with Gasteiger partial charge in [0.05, 0.1) is 5.75 Å². The van der Waals surface area contributed by atoms with Crippen LogP contribution < -0.4 is 0 Å². The zero-order chi connectivity index (χ0) is 19.7. The van der Waals surface area contributed by atoms with Gasteiger partial charge in [0.15, 0.2) is 16.8 Å². The molecule has 142 valence electrons. The predicted octanol–water partition coefficient (Wildman–Crippen LogP) is 4.76. The molecule has 0 aliphatic carbocycles. The Labute approximate surface area is 164 Å². The Morgan fingerprint density at radius 2 is 1.85 bits per heavy atom. The molecule has 0 fully saturated rings. The van der Waals surface area contributed by atoms with Crippen LogP contribution >= 0.6 is 11.8 Å². The minimum absolute atomic E-state index is 0.125. The van der Waals surface area contributed by atoms with Gasteiger partial charge in [0.25, 0.3) is 0 Å². The monoisotopic (exact) mass is 382 g/mol. The molecular formula is C21H26N4OS. The summed E-state index contributed by atoms with van der Waals surface area (Å²) >= 11 is 1.43. The summed E-state index contributed by atoms with van der Waals surface area (Å²) in [5, 5.41) is 9.37. The van der Waals surface area contributed by atoms with Crippen molar-refractivity contribution in [2.75, 3.05) is 5.75 Å². The quantitative estimate of drug-likeness (QED) is 0.455. The van der Waals surface area contributed by atoms with E-state index in [1.54, 1.807) is 0 Å². The van der Waals surface area contributed by atoms with Crippen LogP contribution in [0.2, 0.25) is 0 Å². The first-order valence-electron chi connectivity index (χ1n) is 9.11. The molecule has 0 radical (unpaired) electrons. The van der Waals surface area contributed by atoms with Gasteiger partial charge in [-0.2, -0.15) is 0 Å². The van der Waals surface area contributed by atoms with Crippen LogP contribution in [0.1, 0.15) is 47.2 Å². The second kappa shape index (κ2) is 7.72. The van der Waals surface area contributed by atoms with Crippen molar-refractivity contribution in [2.45, 2.75) is 45.8 Å². The molecule has 0 saturated heterocycles. The van der Waals surface area contributed by atoms with Crippen molar-refractivity contribution in [1.29, 1.82) is 0 Å². The van der Waals surface area contributed by atoms with Crippen LogP contribution in [0.5, 0.6) is 0 Å². The topological polar surface area (TPSA) is 52.7 Å². The molecule has 5 nitrogen and oxygen atoms in total. The first-order chi connectivity index (χ1) is 12.8. The van der Waals surface area contributed by atoms with E-state index in [0.29, 0.717) is 11.8 Å². The van der Waals surface area contributed by atoms with Crippen LogP contribution in [0.3, 0.4) is 0 Å². The summed E-state index contributed by atoms with van der Waals surface area (Å²) in [6.45, 7) is 10.4. The zero-order valence-electron chi connectivity index (χ0n) is 16.8. The van der Waals surface area contributed by atoms with Gasteiger partial charge in [-0.3, -0.25) is 4.79 Å². The standard InChI is InChI=1S/C21H26N4OS/c1-13(2)25-15(4)11-18(16(25)5)19(26)12-27-21-23-22-20(24(21)6)17-10-8-7-9-14(17)3/h7-11,13H,12H2,1-6H3. The van der Waals surface area contributed by atoms with E-state index in [4.69, 9.17) is 0 Å². The first-order valence-corrected chi connectivity index (χ1v) is 10.1. The summed E-state index contributed by atoms with van der Waals surface area (Å²) in [6, 6.07) is 10.4. The lowest BCUT2D eigenvalue weighted by Gasteiger charge is -2.13. The molecular weight excluding hydrogens is 356 g/mol. The Kier molecular flexibility index (Phi) is 5.56. The molecule has 3 rings (SSSR count). The number of carbonyl (C=O) groups excluding carboxylic acids is 1. The number of ketones is 1. The molecule has 0 N–H and O–H groups in total. The lowest BCUT2D eigenvalue weighted by Crippen LogP contribution is -2.08. The maximum Gasteiger partial charge on any atom is 0.191 e. The highest BCUT2D eigenvalue weighted by atomic mass is 32.2. The van der Waals surface area contributed by atoms with Crippen molar-refractivity contribution in [2.24, 2.45) is 7.05 Å². The Bertz CT molecular complexity index is 984. The molecule has 2 aromatic heterocycles. The number of nitrogens with zero attached hydrogens (tertiary/aromatic N) is 4. The first kappa shape index (κ1) is 19.4. The SMILES string of the molecule is Cc1ccccc1-c1nnc(SCC(=O)c2cc(C)n(C(C)C)c2C)n1C. The van der Waals surface area contributed by atoms with Gasteiger partial charge in [-0.05, 0) is 46.2 Å². The molecule has 6 heteroatoms. The minimum atomic E-state index is 0.125. The van der Waals surface area contributed by atoms with Crippen LogP contribution in [-0.2, 0) is 7.05 Å². The number of benzene rings is 1. The second-order valence-corrected chi connectivity index (χ2v) is 8.08. The Balaban J connectivity index is 1.78. The van der Waals surface area contributed by atoms with Crippen molar-refractivity contribution in [3.05, 3.63) is 52.8 Å². The van der Waals surface area contributed by atoms with Crippen molar-refractivity contribution in [3.8, 4) is 11.4 Å². The summed E-state index contributed by atoms with van der Waals surface area (Å²) in [4.78, 5) is 12.8. The zero-order valence-corrected chi connectivity index (χ0v) is 17.6. The number of hydrogen-bond donors (Lipinski definition) is 0. The van der Waals surface area contributed by atoms with Gasteiger partial charge in [0.2, 0.25) is 0 Å². The summed E-state index contributed by atoms with van der Waals surface area (Å²) in [7, 11) is 1.94. The van der Waals surface area contributed by atoms with Crippen molar-refractivity contribution >= 4 is 17.5 Å².